The van der Waals surface area contributed by atoms with Crippen molar-refractivity contribution in [3.8, 4) is 5.75 Å². The van der Waals surface area contributed by atoms with E-state index >= 15 is 0 Å². The SMILES string of the molecule is Cc1ncc(OC[C@@]2(c3ccc(F)c(F)c3)CC2C)c(C)n1. The molecular formula is C17H18F2N2O. The first-order valence-corrected chi connectivity index (χ1v) is 7.31. The second-order valence-electron chi connectivity index (χ2n) is 6.05. The number of nitrogens with zero attached hydrogens (tertiary/aromatic N) is 2. The summed E-state index contributed by atoms with van der Waals surface area (Å²) in [4.78, 5) is 8.40. The zero-order chi connectivity index (χ0) is 15.9. The van der Waals surface area contributed by atoms with Gasteiger partial charge in [-0.3, -0.25) is 0 Å². The molecule has 2 atom stereocenters. The predicted octanol–water partition coefficient (Wildman–Crippen LogP) is 3.73. The van der Waals surface area contributed by atoms with Crippen LogP contribution in [0, 0.1) is 31.4 Å². The molecular weight excluding hydrogens is 286 g/mol. The van der Waals surface area contributed by atoms with Gasteiger partial charge in [-0.1, -0.05) is 13.0 Å². The summed E-state index contributed by atoms with van der Waals surface area (Å²) in [5.41, 5.74) is 1.30. The van der Waals surface area contributed by atoms with Crippen LogP contribution in [0.4, 0.5) is 8.78 Å². The first kappa shape index (κ1) is 14.9. The van der Waals surface area contributed by atoms with Gasteiger partial charge in [0.1, 0.15) is 5.82 Å². The maximum atomic E-state index is 13.5. The molecule has 22 heavy (non-hydrogen) atoms. The van der Waals surface area contributed by atoms with Gasteiger partial charge in [-0.2, -0.15) is 0 Å². The van der Waals surface area contributed by atoms with Crippen LogP contribution in [0.25, 0.3) is 0 Å². The summed E-state index contributed by atoms with van der Waals surface area (Å²) in [7, 11) is 0. The molecule has 1 aliphatic rings. The lowest BCUT2D eigenvalue weighted by molar-refractivity contribution is 0.265. The molecule has 116 valence electrons. The van der Waals surface area contributed by atoms with Crippen molar-refractivity contribution in [3.63, 3.8) is 0 Å². The molecule has 0 saturated heterocycles. The molecule has 0 N–H and O–H groups in total. The van der Waals surface area contributed by atoms with E-state index in [1.807, 2.05) is 13.8 Å². The van der Waals surface area contributed by atoms with Crippen molar-refractivity contribution in [2.75, 3.05) is 6.61 Å². The Morgan fingerprint density at radius 1 is 1.27 bits per heavy atom. The van der Waals surface area contributed by atoms with Crippen LogP contribution in [-0.2, 0) is 5.41 Å². The third kappa shape index (κ3) is 2.56. The second-order valence-corrected chi connectivity index (χ2v) is 6.05. The minimum absolute atomic E-state index is 0.258. The maximum absolute atomic E-state index is 13.5. The Hall–Kier alpha value is -2.04. The van der Waals surface area contributed by atoms with E-state index < -0.39 is 11.6 Å². The molecule has 5 heteroatoms. The number of rotatable bonds is 4. The number of halogens is 2. The molecule has 1 aromatic carbocycles. The van der Waals surface area contributed by atoms with Gasteiger partial charge in [-0.15, -0.1) is 0 Å². The van der Waals surface area contributed by atoms with E-state index in [1.165, 1.54) is 12.1 Å². The highest BCUT2D eigenvalue weighted by Crippen LogP contribution is 2.54. The summed E-state index contributed by atoms with van der Waals surface area (Å²) < 4.78 is 32.5. The van der Waals surface area contributed by atoms with Crippen LogP contribution < -0.4 is 4.74 Å². The summed E-state index contributed by atoms with van der Waals surface area (Å²) in [6.07, 6.45) is 2.55. The molecule has 1 unspecified atom stereocenters. The quantitative estimate of drug-likeness (QED) is 0.863. The Morgan fingerprint density at radius 3 is 2.59 bits per heavy atom. The van der Waals surface area contributed by atoms with Crippen molar-refractivity contribution in [2.45, 2.75) is 32.6 Å². The third-order valence-corrected chi connectivity index (χ3v) is 4.49. The van der Waals surface area contributed by atoms with Crippen molar-refractivity contribution in [1.29, 1.82) is 0 Å². The van der Waals surface area contributed by atoms with E-state index in [0.29, 0.717) is 24.1 Å². The summed E-state index contributed by atoms with van der Waals surface area (Å²) in [6, 6.07) is 4.10. The van der Waals surface area contributed by atoms with Crippen LogP contribution in [0.15, 0.2) is 24.4 Å². The minimum atomic E-state index is -0.823. The number of aryl methyl sites for hydroxylation is 2. The summed E-state index contributed by atoms with van der Waals surface area (Å²) in [6.45, 7) is 6.18. The molecule has 0 aliphatic heterocycles. The zero-order valence-corrected chi connectivity index (χ0v) is 12.9. The zero-order valence-electron chi connectivity index (χ0n) is 12.9. The highest BCUT2D eigenvalue weighted by atomic mass is 19.2. The van der Waals surface area contributed by atoms with Crippen LogP contribution >= 0.6 is 0 Å². The molecule has 1 aromatic heterocycles. The minimum Gasteiger partial charge on any atom is -0.489 e. The fourth-order valence-corrected chi connectivity index (χ4v) is 2.90. The Morgan fingerprint density at radius 2 is 2.00 bits per heavy atom. The molecule has 0 spiro atoms. The van der Waals surface area contributed by atoms with Gasteiger partial charge in [0.25, 0.3) is 0 Å². The van der Waals surface area contributed by atoms with E-state index in [0.717, 1.165) is 17.7 Å². The fraction of sp³-hybridized carbons (Fsp3) is 0.412. The highest BCUT2D eigenvalue weighted by molar-refractivity contribution is 5.35. The molecule has 1 heterocycles. The van der Waals surface area contributed by atoms with Gasteiger partial charge in [0.05, 0.1) is 18.5 Å². The second kappa shape index (κ2) is 5.30. The van der Waals surface area contributed by atoms with Crippen molar-refractivity contribution < 1.29 is 13.5 Å². The highest BCUT2D eigenvalue weighted by Gasteiger charge is 2.53. The lowest BCUT2D eigenvalue weighted by Crippen LogP contribution is -2.21. The Balaban J connectivity index is 1.81. The number of ether oxygens (including phenoxy) is 1. The molecule has 0 amide bonds. The van der Waals surface area contributed by atoms with Crippen molar-refractivity contribution in [1.82, 2.24) is 9.97 Å². The number of benzene rings is 1. The van der Waals surface area contributed by atoms with E-state index in [-0.39, 0.29) is 5.41 Å². The van der Waals surface area contributed by atoms with Gasteiger partial charge in [-0.25, -0.2) is 18.7 Å². The molecule has 2 aromatic rings. The molecule has 0 bridgehead atoms. The molecule has 1 fully saturated rings. The monoisotopic (exact) mass is 304 g/mol. The van der Waals surface area contributed by atoms with Gasteiger partial charge in [0, 0.05) is 5.41 Å². The smallest absolute Gasteiger partial charge is 0.159 e. The van der Waals surface area contributed by atoms with Crippen LogP contribution in [0.1, 0.15) is 30.4 Å². The van der Waals surface area contributed by atoms with Crippen LogP contribution in [0.3, 0.4) is 0 Å². The van der Waals surface area contributed by atoms with E-state index in [1.54, 1.807) is 12.3 Å². The van der Waals surface area contributed by atoms with Gasteiger partial charge >= 0.3 is 0 Å². The molecule has 3 rings (SSSR count). The normalized spacial score (nSPS) is 23.4. The standard InChI is InChI=1S/C17H18F2N2O/c1-10-7-17(10,13-4-5-14(18)15(19)6-13)9-22-16-8-20-12(3)21-11(16)2/h4-6,8,10H,7,9H2,1-3H3/t10?,17-/m0/s1. The Bertz CT molecular complexity index is 720. The lowest BCUT2D eigenvalue weighted by atomic mass is 9.94. The van der Waals surface area contributed by atoms with E-state index in [4.69, 9.17) is 4.74 Å². The number of aromatic nitrogens is 2. The van der Waals surface area contributed by atoms with Gasteiger partial charge < -0.3 is 4.74 Å². The fourth-order valence-electron chi connectivity index (χ4n) is 2.90. The topological polar surface area (TPSA) is 35.0 Å². The Kier molecular flexibility index (Phi) is 3.59. The average molecular weight is 304 g/mol. The van der Waals surface area contributed by atoms with Crippen molar-refractivity contribution in [3.05, 3.63) is 53.1 Å². The third-order valence-electron chi connectivity index (χ3n) is 4.49. The largest absolute Gasteiger partial charge is 0.489 e. The van der Waals surface area contributed by atoms with Crippen LogP contribution in [-0.4, -0.2) is 16.6 Å². The first-order valence-electron chi connectivity index (χ1n) is 7.31. The summed E-state index contributed by atoms with van der Waals surface area (Å²) in [5, 5.41) is 0. The van der Waals surface area contributed by atoms with Crippen molar-refractivity contribution in [2.24, 2.45) is 5.92 Å². The van der Waals surface area contributed by atoms with E-state index in [2.05, 4.69) is 16.9 Å². The van der Waals surface area contributed by atoms with E-state index in [9.17, 15) is 8.78 Å². The van der Waals surface area contributed by atoms with Gasteiger partial charge in [0.2, 0.25) is 0 Å². The molecule has 1 aliphatic carbocycles. The molecule has 1 saturated carbocycles. The summed E-state index contributed by atoms with van der Waals surface area (Å²) in [5.74, 6) is 0.0531. The lowest BCUT2D eigenvalue weighted by Gasteiger charge is -2.19. The number of hydrogen-bond donors (Lipinski definition) is 0. The van der Waals surface area contributed by atoms with Crippen molar-refractivity contribution >= 4 is 0 Å². The molecule has 0 radical (unpaired) electrons. The molecule has 3 nitrogen and oxygen atoms in total. The van der Waals surface area contributed by atoms with Gasteiger partial charge in [-0.05, 0) is 43.9 Å². The Labute approximate surface area is 128 Å². The maximum Gasteiger partial charge on any atom is 0.159 e. The number of hydrogen-bond acceptors (Lipinski definition) is 3. The van der Waals surface area contributed by atoms with Crippen LogP contribution in [0.2, 0.25) is 0 Å². The predicted molar refractivity (Wildman–Crippen MR) is 78.8 cm³/mol. The average Bonchev–Trinajstić information content (AvgIpc) is 3.12. The summed E-state index contributed by atoms with van der Waals surface area (Å²) >= 11 is 0. The van der Waals surface area contributed by atoms with Gasteiger partial charge in [0.15, 0.2) is 17.4 Å². The van der Waals surface area contributed by atoms with Crippen LogP contribution in [0.5, 0.6) is 5.75 Å². The first-order chi connectivity index (χ1) is 10.4.